The van der Waals surface area contributed by atoms with Crippen molar-refractivity contribution < 1.29 is 24.8 Å². The topological polar surface area (TPSA) is 80.9 Å². The first kappa shape index (κ1) is 10.8. The molecule has 0 aromatic carbocycles. The summed E-state index contributed by atoms with van der Waals surface area (Å²) in [5.74, 6) is -1.01. The largest absolute Gasteiger partial charge is 0.396 e. The maximum Gasteiger partial charge on any atom is 0.116 e. The highest BCUT2D eigenvalue weighted by molar-refractivity contribution is 4.74. The Morgan fingerprint density at radius 1 is 1.00 bits per heavy atom. The Kier molecular flexibility index (Phi) is 5.31. The van der Waals surface area contributed by atoms with Crippen molar-refractivity contribution in [2.75, 3.05) is 19.9 Å². The molecular formula is C6H13FO4. The van der Waals surface area contributed by atoms with Gasteiger partial charge in [0.15, 0.2) is 0 Å². The summed E-state index contributed by atoms with van der Waals surface area (Å²) >= 11 is 0. The second kappa shape index (κ2) is 5.42. The average Bonchev–Trinajstić information content (AvgIpc) is 2.05. The monoisotopic (exact) mass is 168 g/mol. The summed E-state index contributed by atoms with van der Waals surface area (Å²) in [6.07, 6.45) is -2.69. The third kappa shape index (κ3) is 3.11. The number of aliphatic hydroxyl groups excluding tert-OH is 4. The van der Waals surface area contributed by atoms with Gasteiger partial charge in [-0.15, -0.1) is 0 Å². The van der Waals surface area contributed by atoms with Crippen molar-refractivity contribution >= 4 is 0 Å². The molecule has 0 amide bonds. The zero-order valence-corrected chi connectivity index (χ0v) is 6.02. The van der Waals surface area contributed by atoms with Crippen LogP contribution in [0.2, 0.25) is 0 Å². The van der Waals surface area contributed by atoms with Crippen LogP contribution in [0.25, 0.3) is 0 Å². The van der Waals surface area contributed by atoms with Crippen molar-refractivity contribution in [3.05, 3.63) is 0 Å². The van der Waals surface area contributed by atoms with E-state index in [0.29, 0.717) is 0 Å². The second-order valence-electron chi connectivity index (χ2n) is 2.32. The van der Waals surface area contributed by atoms with Crippen molar-refractivity contribution in [1.82, 2.24) is 0 Å². The van der Waals surface area contributed by atoms with E-state index in [1.807, 2.05) is 0 Å². The van der Waals surface area contributed by atoms with Crippen LogP contribution in [0.3, 0.4) is 0 Å². The average molecular weight is 168 g/mol. The van der Waals surface area contributed by atoms with Crippen LogP contribution in [0.5, 0.6) is 0 Å². The molecule has 11 heavy (non-hydrogen) atoms. The Bertz CT molecular complexity index is 90.6. The fourth-order valence-corrected chi connectivity index (χ4v) is 0.750. The number of rotatable bonds is 5. The van der Waals surface area contributed by atoms with E-state index in [-0.39, 0.29) is 0 Å². The van der Waals surface area contributed by atoms with E-state index >= 15 is 0 Å². The highest BCUT2D eigenvalue weighted by Gasteiger charge is 2.25. The minimum Gasteiger partial charge on any atom is -0.396 e. The molecule has 0 heterocycles. The molecule has 0 saturated carbocycles. The van der Waals surface area contributed by atoms with Gasteiger partial charge in [-0.1, -0.05) is 0 Å². The molecule has 4 N–H and O–H groups in total. The van der Waals surface area contributed by atoms with Gasteiger partial charge < -0.3 is 20.4 Å². The van der Waals surface area contributed by atoms with Gasteiger partial charge in [-0.05, 0) is 0 Å². The van der Waals surface area contributed by atoms with Crippen LogP contribution >= 0.6 is 0 Å². The van der Waals surface area contributed by atoms with Crippen molar-refractivity contribution in [1.29, 1.82) is 0 Å². The molecule has 68 valence electrons. The predicted molar refractivity (Wildman–Crippen MR) is 35.7 cm³/mol. The van der Waals surface area contributed by atoms with Gasteiger partial charge in [-0.3, -0.25) is 0 Å². The molecule has 0 aromatic heterocycles. The van der Waals surface area contributed by atoms with Crippen molar-refractivity contribution in [2.24, 2.45) is 5.92 Å². The molecule has 3 unspecified atom stereocenters. The minimum absolute atomic E-state index is 0.549. The molecule has 0 aromatic rings. The third-order valence-corrected chi connectivity index (χ3v) is 1.54. The van der Waals surface area contributed by atoms with Gasteiger partial charge in [0.25, 0.3) is 0 Å². The van der Waals surface area contributed by atoms with E-state index in [0.717, 1.165) is 0 Å². The first-order valence-electron chi connectivity index (χ1n) is 3.31. The van der Waals surface area contributed by atoms with Gasteiger partial charge >= 0.3 is 0 Å². The first-order valence-corrected chi connectivity index (χ1v) is 3.31. The van der Waals surface area contributed by atoms with Gasteiger partial charge in [-0.25, -0.2) is 4.39 Å². The molecule has 0 spiro atoms. The Hall–Kier alpha value is -0.230. The molecule has 0 aliphatic carbocycles. The molecule has 4 nitrogen and oxygen atoms in total. The number of hydrogen-bond donors (Lipinski definition) is 4. The highest BCUT2D eigenvalue weighted by Crippen LogP contribution is 2.09. The van der Waals surface area contributed by atoms with Crippen molar-refractivity contribution in [2.45, 2.75) is 12.2 Å². The van der Waals surface area contributed by atoms with Crippen LogP contribution in [0, 0.1) is 5.92 Å². The summed E-state index contributed by atoms with van der Waals surface area (Å²) < 4.78 is 11.8. The van der Waals surface area contributed by atoms with Gasteiger partial charge in [0.05, 0.1) is 25.4 Å². The quantitative estimate of drug-likeness (QED) is 0.393. The van der Waals surface area contributed by atoms with E-state index in [2.05, 4.69) is 0 Å². The van der Waals surface area contributed by atoms with Gasteiger partial charge in [0, 0.05) is 5.92 Å². The Labute approximate surface area is 63.9 Å². The van der Waals surface area contributed by atoms with E-state index in [1.165, 1.54) is 0 Å². The zero-order valence-electron chi connectivity index (χ0n) is 6.02. The van der Waals surface area contributed by atoms with Gasteiger partial charge in [0.2, 0.25) is 0 Å². The van der Waals surface area contributed by atoms with Crippen LogP contribution < -0.4 is 0 Å². The Balaban J connectivity index is 3.92. The predicted octanol–water partition coefficient (Wildman–Crippen LogP) is -1.72. The standard InChI is InChI=1S/C6H13FO4/c7-1-5(10)4(2-8)6(11)3-9/h4-6,8-11H,1-3H2. The van der Waals surface area contributed by atoms with E-state index < -0.39 is 38.0 Å². The lowest BCUT2D eigenvalue weighted by molar-refractivity contribution is -0.0460. The normalized spacial score (nSPS) is 19.4. The molecule has 3 atom stereocenters. The van der Waals surface area contributed by atoms with Crippen LogP contribution in [0.15, 0.2) is 0 Å². The molecule has 0 saturated heterocycles. The molecule has 0 fully saturated rings. The van der Waals surface area contributed by atoms with E-state index in [1.54, 1.807) is 0 Å². The second-order valence-corrected chi connectivity index (χ2v) is 2.32. The number of alkyl halides is 1. The lowest BCUT2D eigenvalue weighted by Crippen LogP contribution is -2.37. The lowest BCUT2D eigenvalue weighted by atomic mass is 9.98. The number of halogens is 1. The maximum absolute atomic E-state index is 11.8. The van der Waals surface area contributed by atoms with Crippen LogP contribution in [0.4, 0.5) is 4.39 Å². The summed E-state index contributed by atoms with van der Waals surface area (Å²) in [5.41, 5.74) is 0. The molecule has 0 bridgehead atoms. The lowest BCUT2D eigenvalue weighted by Gasteiger charge is -2.22. The fourth-order valence-electron chi connectivity index (χ4n) is 0.750. The summed E-state index contributed by atoms with van der Waals surface area (Å²) in [6, 6.07) is 0. The summed E-state index contributed by atoms with van der Waals surface area (Å²) in [5, 5.41) is 34.6. The molecule has 0 radical (unpaired) electrons. The fraction of sp³-hybridized carbons (Fsp3) is 1.00. The number of aliphatic hydroxyl groups is 4. The summed E-state index contributed by atoms with van der Waals surface area (Å²) in [7, 11) is 0. The molecule has 5 heteroatoms. The third-order valence-electron chi connectivity index (χ3n) is 1.54. The van der Waals surface area contributed by atoms with Crippen LogP contribution in [0.1, 0.15) is 0 Å². The zero-order chi connectivity index (χ0) is 8.85. The summed E-state index contributed by atoms with van der Waals surface area (Å²) in [6.45, 7) is -2.18. The smallest absolute Gasteiger partial charge is 0.116 e. The molecular weight excluding hydrogens is 155 g/mol. The van der Waals surface area contributed by atoms with Crippen LogP contribution in [-0.2, 0) is 0 Å². The highest BCUT2D eigenvalue weighted by atomic mass is 19.1. The van der Waals surface area contributed by atoms with Crippen LogP contribution in [-0.4, -0.2) is 52.5 Å². The SMILES string of the molecule is OCC(O)C(CO)C(O)CF. The Morgan fingerprint density at radius 2 is 1.55 bits per heavy atom. The maximum atomic E-state index is 11.8. The van der Waals surface area contributed by atoms with Crippen molar-refractivity contribution in [3.8, 4) is 0 Å². The minimum atomic E-state index is -1.41. The Morgan fingerprint density at radius 3 is 1.82 bits per heavy atom. The van der Waals surface area contributed by atoms with Gasteiger partial charge in [-0.2, -0.15) is 0 Å². The first-order chi connectivity index (χ1) is 5.17. The van der Waals surface area contributed by atoms with Crippen molar-refractivity contribution in [3.63, 3.8) is 0 Å². The molecule has 0 rings (SSSR count). The van der Waals surface area contributed by atoms with Gasteiger partial charge in [0.1, 0.15) is 6.67 Å². The summed E-state index contributed by atoms with van der Waals surface area (Å²) in [4.78, 5) is 0. The van der Waals surface area contributed by atoms with E-state index in [4.69, 9.17) is 20.4 Å². The number of hydrogen-bond acceptors (Lipinski definition) is 4. The molecule has 0 aliphatic rings. The van der Waals surface area contributed by atoms with E-state index in [9.17, 15) is 4.39 Å². The molecule has 0 aliphatic heterocycles.